The van der Waals surface area contributed by atoms with Crippen LogP contribution in [0.25, 0.3) is 0 Å². The summed E-state index contributed by atoms with van der Waals surface area (Å²) in [6.07, 6.45) is 6.71. The van der Waals surface area contributed by atoms with Crippen LogP contribution in [0.3, 0.4) is 0 Å². The molecule has 1 amide bonds. The lowest BCUT2D eigenvalue weighted by molar-refractivity contribution is -0.143. The van der Waals surface area contributed by atoms with E-state index < -0.39 is 15.6 Å². The molecule has 0 aromatic rings. The Kier molecular flexibility index (Phi) is 9.48. The first-order valence-electron chi connectivity index (χ1n) is 10.0. The fourth-order valence-electron chi connectivity index (χ4n) is 4.20. The number of halogens is 1. The van der Waals surface area contributed by atoms with E-state index in [1.807, 2.05) is 13.8 Å². The fraction of sp³-hybridized carbons (Fsp3) is 0.944. The number of nitrogens with zero attached hydrogens (tertiary/aromatic N) is 3. The Bertz CT molecular complexity index is 561. The van der Waals surface area contributed by atoms with Crippen LogP contribution in [0.2, 0.25) is 0 Å². The topological polar surface area (TPSA) is 87.0 Å². The van der Waals surface area contributed by atoms with Crippen molar-refractivity contribution in [2.75, 3.05) is 39.8 Å². The summed E-state index contributed by atoms with van der Waals surface area (Å²) >= 11 is 0. The van der Waals surface area contributed by atoms with Crippen LogP contribution in [-0.4, -0.2) is 73.6 Å². The van der Waals surface area contributed by atoms with Crippen molar-refractivity contribution in [3.05, 3.63) is 0 Å². The van der Waals surface area contributed by atoms with E-state index in [-0.39, 0.29) is 24.4 Å². The third-order valence-electron chi connectivity index (χ3n) is 6.50. The molecule has 2 N–H and O–H groups in total. The summed E-state index contributed by atoms with van der Waals surface area (Å²) in [5.74, 6) is 0.0719. The zero-order valence-electron chi connectivity index (χ0n) is 17.0. The van der Waals surface area contributed by atoms with E-state index in [0.29, 0.717) is 45.6 Å². The van der Waals surface area contributed by atoms with E-state index >= 15 is 0 Å². The van der Waals surface area contributed by atoms with Gasteiger partial charge < -0.3 is 10.6 Å². The summed E-state index contributed by atoms with van der Waals surface area (Å²) < 4.78 is 29.0. The van der Waals surface area contributed by atoms with Gasteiger partial charge in [0.15, 0.2) is 0 Å². The monoisotopic (exact) mass is 424 g/mol. The van der Waals surface area contributed by atoms with Gasteiger partial charge in [-0.15, -0.1) is 12.4 Å². The lowest BCUT2D eigenvalue weighted by Crippen LogP contribution is -2.58. The molecule has 2 fully saturated rings. The van der Waals surface area contributed by atoms with Gasteiger partial charge in [-0.1, -0.05) is 33.1 Å². The molecule has 0 unspecified atom stereocenters. The molecule has 0 bridgehead atoms. The minimum atomic E-state index is -3.46. The van der Waals surface area contributed by atoms with E-state index in [1.165, 1.54) is 10.7 Å². The van der Waals surface area contributed by atoms with Crippen molar-refractivity contribution in [2.45, 2.75) is 64.8 Å². The maximum Gasteiger partial charge on any atom is 0.282 e. The molecular weight excluding hydrogens is 388 g/mol. The molecule has 0 aromatic carbocycles. The summed E-state index contributed by atoms with van der Waals surface area (Å²) in [5, 5.41) is 0. The standard InChI is InChI=1S/C18H36N4O3S.ClH/c1-4-18(5-2,15-19)17(23)21-11-13-22(14-12-21)26(24,25)20(3)16-9-7-6-8-10-16;/h16H,4-15,19H2,1-3H3;1H. The molecule has 1 aliphatic heterocycles. The summed E-state index contributed by atoms with van der Waals surface area (Å²) in [6, 6.07) is 0.110. The molecule has 27 heavy (non-hydrogen) atoms. The number of nitrogens with two attached hydrogens (primary N) is 1. The van der Waals surface area contributed by atoms with Crippen LogP contribution >= 0.6 is 12.4 Å². The maximum absolute atomic E-state index is 13.0. The van der Waals surface area contributed by atoms with Crippen LogP contribution in [0.15, 0.2) is 0 Å². The van der Waals surface area contributed by atoms with Gasteiger partial charge in [0.2, 0.25) is 5.91 Å². The molecule has 1 saturated heterocycles. The van der Waals surface area contributed by atoms with Gasteiger partial charge in [0.25, 0.3) is 10.2 Å². The summed E-state index contributed by atoms with van der Waals surface area (Å²) in [4.78, 5) is 14.7. The number of hydrogen-bond acceptors (Lipinski definition) is 4. The first kappa shape index (κ1) is 24.6. The quantitative estimate of drug-likeness (QED) is 0.675. The Hall–Kier alpha value is -0.410. The molecule has 0 spiro atoms. The third kappa shape index (κ3) is 5.15. The first-order chi connectivity index (χ1) is 12.3. The van der Waals surface area contributed by atoms with E-state index in [4.69, 9.17) is 5.73 Å². The summed E-state index contributed by atoms with van der Waals surface area (Å²) in [5.41, 5.74) is 5.38. The predicted octanol–water partition coefficient (Wildman–Crippen LogP) is 1.83. The largest absolute Gasteiger partial charge is 0.340 e. The Morgan fingerprint density at radius 1 is 1.07 bits per heavy atom. The van der Waals surface area contributed by atoms with Crippen molar-refractivity contribution in [1.29, 1.82) is 0 Å². The number of carbonyl (C=O) groups excluding carboxylic acids is 1. The minimum absolute atomic E-state index is 0. The molecule has 0 atom stereocenters. The Morgan fingerprint density at radius 2 is 1.59 bits per heavy atom. The van der Waals surface area contributed by atoms with Crippen LogP contribution in [0.4, 0.5) is 0 Å². The van der Waals surface area contributed by atoms with E-state index in [1.54, 1.807) is 16.3 Å². The van der Waals surface area contributed by atoms with Gasteiger partial charge >= 0.3 is 0 Å². The Morgan fingerprint density at radius 3 is 2.04 bits per heavy atom. The summed E-state index contributed by atoms with van der Waals surface area (Å²) in [7, 11) is -1.75. The van der Waals surface area contributed by atoms with Crippen molar-refractivity contribution >= 4 is 28.5 Å². The molecule has 9 heteroatoms. The van der Waals surface area contributed by atoms with Crippen LogP contribution < -0.4 is 5.73 Å². The van der Waals surface area contributed by atoms with Crippen LogP contribution in [0, 0.1) is 5.41 Å². The van der Waals surface area contributed by atoms with E-state index in [0.717, 1.165) is 25.7 Å². The number of amides is 1. The molecule has 1 heterocycles. The van der Waals surface area contributed by atoms with Crippen LogP contribution in [-0.2, 0) is 15.0 Å². The number of carbonyl (C=O) groups is 1. The van der Waals surface area contributed by atoms with E-state index in [2.05, 4.69) is 0 Å². The smallest absolute Gasteiger partial charge is 0.282 e. The van der Waals surface area contributed by atoms with Crippen molar-refractivity contribution in [1.82, 2.24) is 13.5 Å². The first-order valence-corrected chi connectivity index (χ1v) is 11.4. The zero-order chi connectivity index (χ0) is 19.4. The lowest BCUT2D eigenvalue weighted by Gasteiger charge is -2.41. The van der Waals surface area contributed by atoms with Crippen LogP contribution in [0.1, 0.15) is 58.8 Å². The highest BCUT2D eigenvalue weighted by Crippen LogP contribution is 2.29. The maximum atomic E-state index is 13.0. The molecule has 1 aliphatic carbocycles. The van der Waals surface area contributed by atoms with Gasteiger partial charge in [-0.2, -0.15) is 17.0 Å². The number of piperazine rings is 1. The normalized spacial score (nSPS) is 20.6. The minimum Gasteiger partial charge on any atom is -0.340 e. The van der Waals surface area contributed by atoms with Crippen LogP contribution in [0.5, 0.6) is 0 Å². The second-order valence-electron chi connectivity index (χ2n) is 7.70. The van der Waals surface area contributed by atoms with Crippen molar-refractivity contribution < 1.29 is 13.2 Å². The van der Waals surface area contributed by atoms with Gasteiger partial charge in [0.1, 0.15) is 0 Å². The molecule has 7 nitrogen and oxygen atoms in total. The second-order valence-corrected chi connectivity index (χ2v) is 9.69. The lowest BCUT2D eigenvalue weighted by atomic mass is 9.81. The molecular formula is C18H37ClN4O3S. The van der Waals surface area contributed by atoms with Gasteiger partial charge in [-0.25, -0.2) is 0 Å². The van der Waals surface area contributed by atoms with Gasteiger partial charge in [0.05, 0.1) is 5.41 Å². The van der Waals surface area contributed by atoms with Gasteiger partial charge in [0, 0.05) is 45.8 Å². The Balaban J connectivity index is 0.00000364. The second kappa shape index (κ2) is 10.4. The third-order valence-corrected chi connectivity index (χ3v) is 8.55. The highest BCUT2D eigenvalue weighted by Gasteiger charge is 2.40. The molecule has 1 saturated carbocycles. The van der Waals surface area contributed by atoms with Gasteiger partial charge in [-0.05, 0) is 25.7 Å². The predicted molar refractivity (Wildman–Crippen MR) is 111 cm³/mol. The average molecular weight is 425 g/mol. The Labute approximate surface area is 171 Å². The SMILES string of the molecule is CCC(CC)(CN)C(=O)N1CCN(S(=O)(=O)N(C)C2CCCCC2)CC1.Cl. The molecule has 0 radical (unpaired) electrons. The molecule has 160 valence electrons. The van der Waals surface area contributed by atoms with E-state index in [9.17, 15) is 13.2 Å². The fourth-order valence-corrected chi connectivity index (χ4v) is 5.78. The van der Waals surface area contributed by atoms with Crippen molar-refractivity contribution in [2.24, 2.45) is 11.1 Å². The highest BCUT2D eigenvalue weighted by atomic mass is 35.5. The number of hydrogen-bond donors (Lipinski definition) is 1. The van der Waals surface area contributed by atoms with Gasteiger partial charge in [-0.3, -0.25) is 4.79 Å². The molecule has 2 aliphatic rings. The average Bonchev–Trinajstić information content (AvgIpc) is 2.69. The van der Waals surface area contributed by atoms with Crippen molar-refractivity contribution in [3.8, 4) is 0 Å². The highest BCUT2D eigenvalue weighted by molar-refractivity contribution is 7.86. The summed E-state index contributed by atoms with van der Waals surface area (Å²) in [6.45, 7) is 5.93. The molecule has 2 rings (SSSR count). The zero-order valence-corrected chi connectivity index (χ0v) is 18.7. The molecule has 0 aromatic heterocycles. The number of rotatable bonds is 7. The van der Waals surface area contributed by atoms with Crippen molar-refractivity contribution in [3.63, 3.8) is 0 Å².